The summed E-state index contributed by atoms with van der Waals surface area (Å²) in [7, 11) is 0. The molecule has 2 aromatic rings. The second kappa shape index (κ2) is 3.13. The van der Waals surface area contributed by atoms with Crippen LogP contribution in [0.3, 0.4) is 0 Å². The molecule has 0 N–H and O–H groups in total. The number of hydrogen-bond donors (Lipinski definition) is 0. The number of carbonyl (C=O) groups is 2. The molecule has 0 aliphatic carbocycles. The molecule has 0 saturated carbocycles. The van der Waals surface area contributed by atoms with E-state index in [0.29, 0.717) is 11.3 Å². The van der Waals surface area contributed by atoms with Gasteiger partial charge in [-0.3, -0.25) is 9.59 Å². The number of carbonyl (C=O) groups excluding carboxylic acids is 2. The number of fused-ring (bicyclic) bond motifs is 1. The number of nitrogens with zero attached hydrogens (tertiary/aromatic N) is 3. The summed E-state index contributed by atoms with van der Waals surface area (Å²) >= 11 is 0. The lowest BCUT2D eigenvalue weighted by Gasteiger charge is -1.96. The predicted octanol–water partition coefficient (Wildman–Crippen LogP) is 0.286. The van der Waals surface area contributed by atoms with Crippen LogP contribution in [0.2, 0.25) is 0 Å². The van der Waals surface area contributed by atoms with Gasteiger partial charge in [0.1, 0.15) is 5.92 Å². The second-order valence-electron chi connectivity index (χ2n) is 3.54. The van der Waals surface area contributed by atoms with E-state index in [1.165, 1.54) is 0 Å². The molecule has 0 amide bonds. The highest BCUT2D eigenvalue weighted by Crippen LogP contribution is 2.26. The molecule has 1 unspecified atom stereocenters. The van der Waals surface area contributed by atoms with E-state index in [1.54, 1.807) is 29.0 Å². The monoisotopic (exact) mass is 217 g/mol. The fourth-order valence-electron chi connectivity index (χ4n) is 1.72. The number of esters is 2. The molecule has 1 saturated heterocycles. The predicted molar refractivity (Wildman–Crippen MR) is 51.4 cm³/mol. The van der Waals surface area contributed by atoms with Crippen LogP contribution in [0, 0.1) is 0 Å². The van der Waals surface area contributed by atoms with Gasteiger partial charge in [-0.15, -0.1) is 0 Å². The lowest BCUT2D eigenvalue weighted by molar-refractivity contribution is -0.152. The van der Waals surface area contributed by atoms with Gasteiger partial charge >= 0.3 is 11.9 Å². The van der Waals surface area contributed by atoms with Crippen molar-refractivity contribution in [2.75, 3.05) is 0 Å². The molecular formula is C10H7N3O3. The van der Waals surface area contributed by atoms with Crippen molar-refractivity contribution in [3.8, 4) is 0 Å². The Morgan fingerprint density at radius 3 is 3.00 bits per heavy atom. The normalized spacial score (nSPS) is 20.4. The largest absolute Gasteiger partial charge is 0.393 e. The zero-order valence-corrected chi connectivity index (χ0v) is 8.16. The molecule has 0 spiro atoms. The van der Waals surface area contributed by atoms with Crippen molar-refractivity contribution in [1.29, 1.82) is 0 Å². The average Bonchev–Trinajstić information content (AvgIpc) is 2.81. The molecule has 0 radical (unpaired) electrons. The van der Waals surface area contributed by atoms with Crippen LogP contribution in [0.1, 0.15) is 18.0 Å². The highest BCUT2D eigenvalue weighted by atomic mass is 16.6. The van der Waals surface area contributed by atoms with Crippen molar-refractivity contribution in [2.24, 2.45) is 0 Å². The van der Waals surface area contributed by atoms with Crippen molar-refractivity contribution < 1.29 is 14.3 Å². The third-order valence-electron chi connectivity index (χ3n) is 2.48. The van der Waals surface area contributed by atoms with E-state index in [0.717, 1.165) is 0 Å². The Kier molecular flexibility index (Phi) is 1.76. The van der Waals surface area contributed by atoms with Crippen molar-refractivity contribution in [1.82, 2.24) is 14.6 Å². The molecule has 80 valence electrons. The molecule has 0 bridgehead atoms. The van der Waals surface area contributed by atoms with Crippen molar-refractivity contribution in [3.63, 3.8) is 0 Å². The van der Waals surface area contributed by atoms with E-state index in [4.69, 9.17) is 0 Å². The number of hydrogen-bond acceptors (Lipinski definition) is 5. The Bertz CT molecular complexity index is 557. The lowest BCUT2D eigenvalue weighted by atomic mass is 10.0. The van der Waals surface area contributed by atoms with Gasteiger partial charge in [-0.05, 0) is 6.07 Å². The summed E-state index contributed by atoms with van der Waals surface area (Å²) in [4.78, 5) is 26.4. The molecule has 1 fully saturated rings. The highest BCUT2D eigenvalue weighted by molar-refractivity contribution is 5.97. The van der Waals surface area contributed by atoms with Crippen LogP contribution in [0.5, 0.6) is 0 Å². The quantitative estimate of drug-likeness (QED) is 0.507. The van der Waals surface area contributed by atoms with Crippen molar-refractivity contribution in [3.05, 3.63) is 30.2 Å². The topological polar surface area (TPSA) is 73.6 Å². The van der Waals surface area contributed by atoms with E-state index >= 15 is 0 Å². The minimum atomic E-state index is -0.589. The van der Waals surface area contributed by atoms with Gasteiger partial charge < -0.3 is 4.74 Å². The first kappa shape index (κ1) is 9.02. The van der Waals surface area contributed by atoms with E-state index in [-0.39, 0.29) is 6.42 Å². The molecule has 1 aliphatic rings. The third kappa shape index (κ3) is 1.27. The van der Waals surface area contributed by atoms with Crippen LogP contribution < -0.4 is 0 Å². The minimum absolute atomic E-state index is 0.0582. The van der Waals surface area contributed by atoms with Gasteiger partial charge in [0.05, 0.1) is 12.1 Å². The fourth-order valence-corrected chi connectivity index (χ4v) is 1.72. The van der Waals surface area contributed by atoms with E-state index < -0.39 is 17.9 Å². The van der Waals surface area contributed by atoms with Gasteiger partial charge in [-0.1, -0.05) is 0 Å². The number of rotatable bonds is 1. The van der Waals surface area contributed by atoms with Crippen LogP contribution in [-0.2, 0) is 14.3 Å². The zero-order valence-electron chi connectivity index (χ0n) is 8.16. The fraction of sp³-hybridized carbons (Fsp3) is 0.200. The molecule has 6 heteroatoms. The maximum atomic E-state index is 11.3. The van der Waals surface area contributed by atoms with Gasteiger partial charge in [0, 0.05) is 18.5 Å². The lowest BCUT2D eigenvalue weighted by Crippen LogP contribution is -2.06. The molecule has 3 rings (SSSR count). The molecule has 2 aromatic heterocycles. The zero-order chi connectivity index (χ0) is 11.1. The third-order valence-corrected chi connectivity index (χ3v) is 2.48. The summed E-state index contributed by atoms with van der Waals surface area (Å²) in [6, 6.07) is 3.42. The van der Waals surface area contributed by atoms with E-state index in [1.807, 2.05) is 0 Å². The molecule has 16 heavy (non-hydrogen) atoms. The second-order valence-corrected chi connectivity index (χ2v) is 3.54. The Morgan fingerprint density at radius 2 is 2.31 bits per heavy atom. The highest BCUT2D eigenvalue weighted by Gasteiger charge is 2.36. The number of ether oxygens (including phenoxy) is 1. The van der Waals surface area contributed by atoms with Crippen LogP contribution in [-0.4, -0.2) is 26.5 Å². The minimum Gasteiger partial charge on any atom is -0.393 e. The van der Waals surface area contributed by atoms with Crippen LogP contribution in [0.25, 0.3) is 5.65 Å². The maximum Gasteiger partial charge on any atom is 0.323 e. The smallest absolute Gasteiger partial charge is 0.323 e. The summed E-state index contributed by atoms with van der Waals surface area (Å²) in [5, 5.41) is 4.18. The van der Waals surface area contributed by atoms with Crippen LogP contribution in [0.4, 0.5) is 0 Å². The molecular weight excluding hydrogens is 210 g/mol. The van der Waals surface area contributed by atoms with Gasteiger partial charge in [0.2, 0.25) is 0 Å². The van der Waals surface area contributed by atoms with Gasteiger partial charge in [-0.25, -0.2) is 9.50 Å². The Labute approximate surface area is 89.8 Å². The summed E-state index contributed by atoms with van der Waals surface area (Å²) in [5.74, 6) is -1.62. The van der Waals surface area contributed by atoms with Gasteiger partial charge in [-0.2, -0.15) is 5.10 Å². The first-order chi connectivity index (χ1) is 7.74. The standard InChI is InChI=1S/C10H7N3O3/c14-9-4-6(10(15)16-9)7-5-8-11-2-1-3-13(8)12-7/h1-3,5-6H,4H2. The number of cyclic esters (lactones) is 2. The Hall–Kier alpha value is -2.24. The first-order valence-corrected chi connectivity index (χ1v) is 4.79. The van der Waals surface area contributed by atoms with E-state index in [9.17, 15) is 9.59 Å². The van der Waals surface area contributed by atoms with Gasteiger partial charge in [0.15, 0.2) is 5.65 Å². The summed E-state index contributed by atoms with van der Waals surface area (Å²) in [6.07, 6.45) is 3.43. The first-order valence-electron chi connectivity index (χ1n) is 4.79. The number of aromatic nitrogens is 3. The average molecular weight is 217 g/mol. The molecule has 3 heterocycles. The van der Waals surface area contributed by atoms with Crippen molar-refractivity contribution >= 4 is 17.6 Å². The van der Waals surface area contributed by atoms with Crippen molar-refractivity contribution in [2.45, 2.75) is 12.3 Å². The Balaban J connectivity index is 2.06. The molecule has 6 nitrogen and oxygen atoms in total. The van der Waals surface area contributed by atoms with Crippen LogP contribution in [0.15, 0.2) is 24.5 Å². The summed E-state index contributed by atoms with van der Waals surface area (Å²) < 4.78 is 6.04. The summed E-state index contributed by atoms with van der Waals surface area (Å²) in [6.45, 7) is 0. The molecule has 0 aromatic carbocycles. The molecule has 1 atom stereocenters. The van der Waals surface area contributed by atoms with Gasteiger partial charge in [0.25, 0.3) is 0 Å². The van der Waals surface area contributed by atoms with E-state index in [2.05, 4.69) is 14.8 Å². The summed E-state index contributed by atoms with van der Waals surface area (Å²) in [5.41, 5.74) is 1.17. The molecule has 1 aliphatic heterocycles. The maximum absolute atomic E-state index is 11.3. The SMILES string of the molecule is O=C1CC(c2cc3ncccn3n2)C(=O)O1. The van der Waals surface area contributed by atoms with Crippen LogP contribution >= 0.6 is 0 Å². The Morgan fingerprint density at radius 1 is 1.44 bits per heavy atom.